The lowest BCUT2D eigenvalue weighted by Gasteiger charge is -2.05. The van der Waals surface area contributed by atoms with Gasteiger partial charge in [0, 0.05) is 0 Å². The fraction of sp³-hybridized carbons (Fsp3) is 0.111. The Balaban J connectivity index is 3.37. The second-order valence-corrected chi connectivity index (χ2v) is 2.50. The molecule has 0 radical (unpaired) electrons. The summed E-state index contributed by atoms with van der Waals surface area (Å²) in [5.41, 5.74) is -0.539. The normalized spacial score (nSPS) is 9.57. The number of methoxy groups -OCH3 is 1. The lowest BCUT2D eigenvalue weighted by atomic mass is 10.1. The molecule has 0 aliphatic rings. The predicted molar refractivity (Wildman–Crippen MR) is 45.3 cm³/mol. The number of hydrogen-bond donors (Lipinski definition) is 1. The standard InChI is InChI=1S/C9H7FO4/c1-14-8-3-6(9(12)13)7(10)2-5(8)4-11/h2-4H,1H3,(H,12,13). The van der Waals surface area contributed by atoms with Crippen LogP contribution in [0.25, 0.3) is 0 Å². The molecular formula is C9H7FO4. The molecule has 4 nitrogen and oxygen atoms in total. The van der Waals surface area contributed by atoms with E-state index >= 15 is 0 Å². The number of halogens is 1. The summed E-state index contributed by atoms with van der Waals surface area (Å²) >= 11 is 0. The van der Waals surface area contributed by atoms with Crippen LogP contribution in [-0.4, -0.2) is 24.5 Å². The van der Waals surface area contributed by atoms with Gasteiger partial charge in [0.1, 0.15) is 11.6 Å². The topological polar surface area (TPSA) is 63.6 Å². The van der Waals surface area contributed by atoms with Gasteiger partial charge in [-0.25, -0.2) is 9.18 Å². The Morgan fingerprint density at radius 3 is 2.64 bits per heavy atom. The quantitative estimate of drug-likeness (QED) is 0.744. The van der Waals surface area contributed by atoms with E-state index in [1.807, 2.05) is 0 Å². The van der Waals surface area contributed by atoms with Gasteiger partial charge in [-0.05, 0) is 12.1 Å². The molecule has 0 aliphatic heterocycles. The third kappa shape index (κ3) is 1.71. The Kier molecular flexibility index (Phi) is 2.81. The molecule has 1 aromatic carbocycles. The van der Waals surface area contributed by atoms with Gasteiger partial charge < -0.3 is 9.84 Å². The monoisotopic (exact) mass is 198 g/mol. The maximum absolute atomic E-state index is 13.0. The fourth-order valence-corrected chi connectivity index (χ4v) is 1.00. The first kappa shape index (κ1) is 10.2. The first-order chi connectivity index (χ1) is 6.60. The molecule has 0 heterocycles. The highest BCUT2D eigenvalue weighted by atomic mass is 19.1. The highest BCUT2D eigenvalue weighted by molar-refractivity contribution is 5.90. The van der Waals surface area contributed by atoms with Gasteiger partial charge in [-0.2, -0.15) is 0 Å². The van der Waals surface area contributed by atoms with Crippen LogP contribution in [-0.2, 0) is 0 Å². The van der Waals surface area contributed by atoms with Gasteiger partial charge in [0.25, 0.3) is 0 Å². The summed E-state index contributed by atoms with van der Waals surface area (Å²) < 4.78 is 17.7. The smallest absolute Gasteiger partial charge is 0.338 e. The number of aromatic carboxylic acids is 1. The zero-order chi connectivity index (χ0) is 10.7. The number of rotatable bonds is 3. The zero-order valence-corrected chi connectivity index (χ0v) is 7.28. The highest BCUT2D eigenvalue weighted by Gasteiger charge is 2.14. The van der Waals surface area contributed by atoms with E-state index in [4.69, 9.17) is 9.84 Å². The molecule has 5 heteroatoms. The molecule has 1 rings (SSSR count). The zero-order valence-electron chi connectivity index (χ0n) is 7.28. The minimum atomic E-state index is -1.40. The molecule has 0 aliphatic carbocycles. The summed E-state index contributed by atoms with van der Waals surface area (Å²) in [5, 5.41) is 8.57. The van der Waals surface area contributed by atoms with Crippen LogP contribution in [0.4, 0.5) is 4.39 Å². The van der Waals surface area contributed by atoms with Crippen molar-refractivity contribution in [3.63, 3.8) is 0 Å². The Morgan fingerprint density at radius 1 is 1.57 bits per heavy atom. The largest absolute Gasteiger partial charge is 0.496 e. The van der Waals surface area contributed by atoms with Crippen molar-refractivity contribution >= 4 is 12.3 Å². The summed E-state index contributed by atoms with van der Waals surface area (Å²) in [7, 11) is 1.27. The van der Waals surface area contributed by atoms with Gasteiger partial charge in [0.2, 0.25) is 0 Å². The second kappa shape index (κ2) is 3.87. The van der Waals surface area contributed by atoms with E-state index < -0.39 is 17.3 Å². The molecule has 0 amide bonds. The van der Waals surface area contributed by atoms with Gasteiger partial charge in [0.15, 0.2) is 6.29 Å². The van der Waals surface area contributed by atoms with Crippen molar-refractivity contribution in [1.29, 1.82) is 0 Å². The molecule has 74 valence electrons. The van der Waals surface area contributed by atoms with Crippen molar-refractivity contribution in [2.45, 2.75) is 0 Å². The molecule has 0 aromatic heterocycles. The fourth-order valence-electron chi connectivity index (χ4n) is 1.00. The Bertz CT molecular complexity index is 387. The Labute approximate surface area is 78.9 Å². The maximum Gasteiger partial charge on any atom is 0.338 e. The van der Waals surface area contributed by atoms with Gasteiger partial charge >= 0.3 is 5.97 Å². The summed E-state index contributed by atoms with van der Waals surface area (Å²) in [6, 6.07) is 1.80. The third-order valence-corrected chi connectivity index (χ3v) is 1.68. The number of carbonyl (C=O) groups excluding carboxylic acids is 1. The van der Waals surface area contributed by atoms with Gasteiger partial charge in [-0.15, -0.1) is 0 Å². The second-order valence-electron chi connectivity index (χ2n) is 2.50. The number of carboxylic acid groups (broad SMARTS) is 1. The minimum Gasteiger partial charge on any atom is -0.496 e. The van der Waals surface area contributed by atoms with Crippen LogP contribution in [0.2, 0.25) is 0 Å². The van der Waals surface area contributed by atoms with Gasteiger partial charge in [-0.3, -0.25) is 4.79 Å². The van der Waals surface area contributed by atoms with Crippen molar-refractivity contribution in [3.05, 3.63) is 29.1 Å². The van der Waals surface area contributed by atoms with Crippen molar-refractivity contribution < 1.29 is 23.8 Å². The first-order valence-electron chi connectivity index (χ1n) is 3.66. The minimum absolute atomic E-state index is 0.0185. The van der Waals surface area contributed by atoms with Gasteiger partial charge in [-0.1, -0.05) is 0 Å². The molecular weight excluding hydrogens is 191 g/mol. The molecule has 0 fully saturated rings. The van der Waals surface area contributed by atoms with E-state index in [2.05, 4.69) is 0 Å². The SMILES string of the molecule is COc1cc(C(=O)O)c(F)cc1C=O. The average Bonchev–Trinajstić information content (AvgIpc) is 2.16. The highest BCUT2D eigenvalue weighted by Crippen LogP contribution is 2.21. The average molecular weight is 198 g/mol. The number of aldehydes is 1. The molecule has 1 N–H and O–H groups in total. The number of benzene rings is 1. The van der Waals surface area contributed by atoms with E-state index in [-0.39, 0.29) is 11.3 Å². The molecule has 1 aromatic rings. The van der Waals surface area contributed by atoms with Crippen LogP contribution < -0.4 is 4.74 Å². The molecule has 0 atom stereocenters. The lowest BCUT2D eigenvalue weighted by Crippen LogP contribution is -2.03. The van der Waals surface area contributed by atoms with Crippen molar-refractivity contribution in [3.8, 4) is 5.75 Å². The molecule has 0 spiro atoms. The number of ether oxygens (including phenoxy) is 1. The van der Waals surface area contributed by atoms with Crippen LogP contribution in [0, 0.1) is 5.82 Å². The molecule has 0 saturated carbocycles. The number of carbonyl (C=O) groups is 2. The molecule has 0 unspecified atom stereocenters. The van der Waals surface area contributed by atoms with Gasteiger partial charge in [0.05, 0.1) is 18.2 Å². The maximum atomic E-state index is 13.0. The van der Waals surface area contributed by atoms with Crippen LogP contribution in [0.3, 0.4) is 0 Å². The lowest BCUT2D eigenvalue weighted by molar-refractivity contribution is 0.0691. The molecule has 0 saturated heterocycles. The summed E-state index contributed by atoms with van der Waals surface area (Å²) in [6.45, 7) is 0. The molecule has 0 bridgehead atoms. The first-order valence-corrected chi connectivity index (χ1v) is 3.66. The van der Waals surface area contributed by atoms with Crippen LogP contribution in [0.15, 0.2) is 12.1 Å². The van der Waals surface area contributed by atoms with E-state index in [0.717, 1.165) is 12.1 Å². The van der Waals surface area contributed by atoms with Crippen molar-refractivity contribution in [2.75, 3.05) is 7.11 Å². The van der Waals surface area contributed by atoms with Crippen LogP contribution in [0.1, 0.15) is 20.7 Å². The van der Waals surface area contributed by atoms with Crippen LogP contribution in [0.5, 0.6) is 5.75 Å². The Hall–Kier alpha value is -1.91. The summed E-state index contributed by atoms with van der Waals surface area (Å²) in [5.74, 6) is -2.32. The third-order valence-electron chi connectivity index (χ3n) is 1.68. The predicted octanol–water partition coefficient (Wildman–Crippen LogP) is 1.34. The summed E-state index contributed by atoms with van der Waals surface area (Å²) in [6.07, 6.45) is 0.396. The van der Waals surface area contributed by atoms with Crippen LogP contribution >= 0.6 is 0 Å². The summed E-state index contributed by atoms with van der Waals surface area (Å²) in [4.78, 5) is 20.9. The number of hydrogen-bond acceptors (Lipinski definition) is 3. The van der Waals surface area contributed by atoms with E-state index in [1.54, 1.807) is 0 Å². The van der Waals surface area contributed by atoms with E-state index in [1.165, 1.54) is 7.11 Å². The molecule has 14 heavy (non-hydrogen) atoms. The number of carboxylic acids is 1. The van der Waals surface area contributed by atoms with Crippen molar-refractivity contribution in [1.82, 2.24) is 0 Å². The van der Waals surface area contributed by atoms with Crippen molar-refractivity contribution in [2.24, 2.45) is 0 Å². The Morgan fingerprint density at radius 2 is 2.21 bits per heavy atom. The van der Waals surface area contributed by atoms with E-state index in [0.29, 0.717) is 6.29 Å². The van der Waals surface area contributed by atoms with E-state index in [9.17, 15) is 14.0 Å².